The number of carbonyl (C=O) groups is 2. The first-order chi connectivity index (χ1) is 12.1. The van der Waals surface area contributed by atoms with Gasteiger partial charge < -0.3 is 15.1 Å². The molecule has 0 unspecified atom stereocenters. The summed E-state index contributed by atoms with van der Waals surface area (Å²) < 4.78 is 5.54. The standard InChI is InChI=1S/C19H31N3O3/c1-4-22(5-2)16(17-11-8-12-25-17)13-20-18(23)14(3)21-19(24)15-9-6-7-10-15/h8,11-12,14-16H,4-7,9-10,13H2,1-3H3,(H,20,23)(H,21,24)/t14-,16-/m1/s1. The highest BCUT2D eigenvalue weighted by atomic mass is 16.3. The molecule has 2 atom stereocenters. The second-order valence-electron chi connectivity index (χ2n) is 6.71. The topological polar surface area (TPSA) is 74.6 Å². The number of nitrogens with zero attached hydrogens (tertiary/aromatic N) is 1. The Morgan fingerprint density at radius 2 is 1.96 bits per heavy atom. The zero-order valence-electron chi connectivity index (χ0n) is 15.6. The molecule has 0 bridgehead atoms. The third kappa shape index (κ3) is 5.33. The highest BCUT2D eigenvalue weighted by molar-refractivity contribution is 5.88. The van der Waals surface area contributed by atoms with E-state index in [1.807, 2.05) is 12.1 Å². The van der Waals surface area contributed by atoms with E-state index in [0.29, 0.717) is 6.54 Å². The third-order valence-corrected chi connectivity index (χ3v) is 5.07. The van der Waals surface area contributed by atoms with E-state index in [2.05, 4.69) is 29.4 Å². The summed E-state index contributed by atoms with van der Waals surface area (Å²) in [5.41, 5.74) is 0. The Kier molecular flexibility index (Phi) is 7.50. The number of hydrogen-bond donors (Lipinski definition) is 2. The van der Waals surface area contributed by atoms with Gasteiger partial charge in [0.15, 0.2) is 0 Å². The minimum Gasteiger partial charge on any atom is -0.468 e. The third-order valence-electron chi connectivity index (χ3n) is 5.07. The minimum absolute atomic E-state index is 0.00600. The van der Waals surface area contributed by atoms with E-state index in [0.717, 1.165) is 44.5 Å². The van der Waals surface area contributed by atoms with Crippen LogP contribution in [0.4, 0.5) is 0 Å². The van der Waals surface area contributed by atoms with Gasteiger partial charge in [0.1, 0.15) is 11.8 Å². The van der Waals surface area contributed by atoms with Gasteiger partial charge in [0.05, 0.1) is 12.3 Å². The quantitative estimate of drug-likeness (QED) is 0.718. The minimum atomic E-state index is -0.526. The summed E-state index contributed by atoms with van der Waals surface area (Å²) in [6.45, 7) is 8.11. The Morgan fingerprint density at radius 1 is 1.28 bits per heavy atom. The van der Waals surface area contributed by atoms with Crippen LogP contribution in [0.5, 0.6) is 0 Å². The first kappa shape index (κ1) is 19.5. The fourth-order valence-corrected chi connectivity index (χ4v) is 3.49. The fraction of sp³-hybridized carbons (Fsp3) is 0.684. The van der Waals surface area contributed by atoms with Gasteiger partial charge in [-0.15, -0.1) is 0 Å². The van der Waals surface area contributed by atoms with Crippen LogP contribution in [0.25, 0.3) is 0 Å². The Labute approximate surface area is 150 Å². The number of hydrogen-bond acceptors (Lipinski definition) is 4. The van der Waals surface area contributed by atoms with Gasteiger partial charge in [-0.2, -0.15) is 0 Å². The van der Waals surface area contributed by atoms with E-state index < -0.39 is 6.04 Å². The van der Waals surface area contributed by atoms with E-state index in [4.69, 9.17) is 4.42 Å². The molecule has 2 amide bonds. The smallest absolute Gasteiger partial charge is 0.242 e. The van der Waals surface area contributed by atoms with Crippen LogP contribution in [0, 0.1) is 5.92 Å². The normalized spacial score (nSPS) is 17.4. The second kappa shape index (κ2) is 9.61. The van der Waals surface area contributed by atoms with E-state index in [9.17, 15) is 9.59 Å². The molecule has 1 fully saturated rings. The molecule has 1 heterocycles. The predicted molar refractivity (Wildman–Crippen MR) is 96.9 cm³/mol. The lowest BCUT2D eigenvalue weighted by Crippen LogP contribution is -2.48. The van der Waals surface area contributed by atoms with Gasteiger partial charge in [-0.25, -0.2) is 0 Å². The highest BCUT2D eigenvalue weighted by Gasteiger charge is 2.26. The summed E-state index contributed by atoms with van der Waals surface area (Å²) in [6.07, 6.45) is 5.73. The molecule has 1 aromatic rings. The zero-order valence-corrected chi connectivity index (χ0v) is 15.6. The fourth-order valence-electron chi connectivity index (χ4n) is 3.49. The van der Waals surface area contributed by atoms with Crippen molar-refractivity contribution in [2.45, 2.75) is 58.5 Å². The van der Waals surface area contributed by atoms with Crippen LogP contribution in [0.2, 0.25) is 0 Å². The molecule has 1 saturated carbocycles. The Hall–Kier alpha value is -1.82. The van der Waals surface area contributed by atoms with Crippen LogP contribution in [-0.2, 0) is 9.59 Å². The molecule has 2 rings (SSSR count). The summed E-state index contributed by atoms with van der Waals surface area (Å²) in [6, 6.07) is 3.26. The molecule has 25 heavy (non-hydrogen) atoms. The molecule has 6 nitrogen and oxygen atoms in total. The van der Waals surface area contributed by atoms with Gasteiger partial charge in [0, 0.05) is 12.5 Å². The maximum absolute atomic E-state index is 12.4. The Balaban J connectivity index is 1.88. The lowest BCUT2D eigenvalue weighted by molar-refractivity contribution is -0.130. The molecule has 0 saturated heterocycles. The first-order valence-electron chi connectivity index (χ1n) is 9.42. The monoisotopic (exact) mass is 349 g/mol. The molecule has 0 spiro atoms. The number of rotatable bonds is 9. The van der Waals surface area contributed by atoms with Crippen LogP contribution in [0.1, 0.15) is 58.3 Å². The van der Waals surface area contributed by atoms with Crippen molar-refractivity contribution in [2.24, 2.45) is 5.92 Å². The predicted octanol–water partition coefficient (Wildman–Crippen LogP) is 2.47. The van der Waals surface area contributed by atoms with Crippen molar-refractivity contribution in [1.29, 1.82) is 0 Å². The molecule has 2 N–H and O–H groups in total. The molecule has 0 aromatic carbocycles. The lowest BCUT2D eigenvalue weighted by atomic mass is 10.1. The number of nitrogens with one attached hydrogen (secondary N) is 2. The molecule has 0 radical (unpaired) electrons. The molecular weight excluding hydrogens is 318 g/mol. The summed E-state index contributed by atoms with van der Waals surface area (Å²) in [5.74, 6) is 0.759. The van der Waals surface area contributed by atoms with Crippen molar-refractivity contribution < 1.29 is 14.0 Å². The van der Waals surface area contributed by atoms with Gasteiger partial charge in [0.2, 0.25) is 11.8 Å². The van der Waals surface area contributed by atoms with E-state index in [-0.39, 0.29) is 23.8 Å². The Bertz CT molecular complexity index is 534. The van der Waals surface area contributed by atoms with E-state index in [1.165, 1.54) is 0 Å². The lowest BCUT2D eigenvalue weighted by Gasteiger charge is -2.28. The summed E-state index contributed by atoms with van der Waals surface area (Å²) in [5, 5.41) is 5.81. The van der Waals surface area contributed by atoms with Crippen molar-refractivity contribution in [2.75, 3.05) is 19.6 Å². The van der Waals surface area contributed by atoms with Crippen molar-refractivity contribution in [3.05, 3.63) is 24.2 Å². The van der Waals surface area contributed by atoms with Gasteiger partial charge >= 0.3 is 0 Å². The SMILES string of the molecule is CCN(CC)[C@H](CNC(=O)[C@@H](C)NC(=O)C1CCCC1)c1ccco1. The summed E-state index contributed by atoms with van der Waals surface area (Å²) >= 11 is 0. The van der Waals surface area contributed by atoms with Gasteiger partial charge in [-0.3, -0.25) is 14.5 Å². The number of likely N-dealkylation sites (N-methyl/N-ethyl adjacent to an activating group) is 1. The largest absolute Gasteiger partial charge is 0.468 e. The average Bonchev–Trinajstić information content (AvgIpc) is 3.31. The number of carbonyl (C=O) groups excluding carboxylic acids is 2. The van der Waals surface area contributed by atoms with Crippen LogP contribution < -0.4 is 10.6 Å². The summed E-state index contributed by atoms with van der Waals surface area (Å²) in [7, 11) is 0. The van der Waals surface area contributed by atoms with Crippen molar-refractivity contribution in [3.8, 4) is 0 Å². The zero-order chi connectivity index (χ0) is 18.2. The summed E-state index contributed by atoms with van der Waals surface area (Å²) in [4.78, 5) is 26.8. The van der Waals surface area contributed by atoms with Gasteiger partial charge in [-0.1, -0.05) is 26.7 Å². The van der Waals surface area contributed by atoms with Gasteiger partial charge in [0.25, 0.3) is 0 Å². The van der Waals surface area contributed by atoms with Crippen LogP contribution in [0.3, 0.4) is 0 Å². The van der Waals surface area contributed by atoms with Gasteiger partial charge in [-0.05, 0) is 45.0 Å². The first-order valence-corrected chi connectivity index (χ1v) is 9.42. The average molecular weight is 349 g/mol. The van der Waals surface area contributed by atoms with Crippen LogP contribution >= 0.6 is 0 Å². The van der Waals surface area contributed by atoms with E-state index >= 15 is 0 Å². The molecule has 1 aromatic heterocycles. The van der Waals surface area contributed by atoms with Crippen molar-refractivity contribution in [3.63, 3.8) is 0 Å². The van der Waals surface area contributed by atoms with Crippen molar-refractivity contribution in [1.82, 2.24) is 15.5 Å². The van der Waals surface area contributed by atoms with Crippen LogP contribution in [0.15, 0.2) is 22.8 Å². The molecule has 1 aliphatic rings. The highest BCUT2D eigenvalue weighted by Crippen LogP contribution is 2.24. The second-order valence-corrected chi connectivity index (χ2v) is 6.71. The van der Waals surface area contributed by atoms with E-state index in [1.54, 1.807) is 13.2 Å². The maximum Gasteiger partial charge on any atom is 0.242 e. The molecule has 6 heteroatoms. The molecule has 1 aliphatic carbocycles. The molecule has 0 aliphatic heterocycles. The molecule has 140 valence electrons. The number of amides is 2. The van der Waals surface area contributed by atoms with Crippen molar-refractivity contribution >= 4 is 11.8 Å². The maximum atomic E-state index is 12.4. The van der Waals surface area contributed by atoms with Crippen LogP contribution in [-0.4, -0.2) is 42.4 Å². The molecular formula is C19H31N3O3. The Morgan fingerprint density at radius 3 is 2.52 bits per heavy atom. The number of furan rings is 1.